The predicted molar refractivity (Wildman–Crippen MR) is 94.5 cm³/mol. The highest BCUT2D eigenvalue weighted by Gasteiger charge is 2.35. The van der Waals surface area contributed by atoms with Gasteiger partial charge < -0.3 is 16.4 Å². The van der Waals surface area contributed by atoms with E-state index in [-0.39, 0.29) is 23.7 Å². The van der Waals surface area contributed by atoms with Gasteiger partial charge in [0.15, 0.2) is 0 Å². The molecule has 0 aliphatic carbocycles. The molecule has 1 rings (SSSR count). The van der Waals surface area contributed by atoms with Crippen molar-refractivity contribution in [3.63, 3.8) is 0 Å². The molecule has 9 heteroatoms. The molecule has 0 amide bonds. The zero-order valence-electron chi connectivity index (χ0n) is 15.1. The second-order valence-corrected chi connectivity index (χ2v) is 6.02. The van der Waals surface area contributed by atoms with Crippen LogP contribution in [0.2, 0.25) is 0 Å². The molecule has 0 aliphatic heterocycles. The van der Waals surface area contributed by atoms with Crippen molar-refractivity contribution in [1.82, 2.24) is 9.97 Å². The molecule has 0 atom stereocenters. The fourth-order valence-electron chi connectivity index (χ4n) is 1.77. The van der Waals surface area contributed by atoms with E-state index in [0.717, 1.165) is 6.20 Å². The molecule has 6 nitrogen and oxygen atoms in total. The van der Waals surface area contributed by atoms with Gasteiger partial charge in [-0.1, -0.05) is 13.8 Å². The molecule has 0 bridgehead atoms. The van der Waals surface area contributed by atoms with Gasteiger partial charge in [-0.25, -0.2) is 4.98 Å². The first-order chi connectivity index (χ1) is 11.5. The van der Waals surface area contributed by atoms with Crippen molar-refractivity contribution >= 4 is 17.6 Å². The van der Waals surface area contributed by atoms with E-state index in [1.54, 1.807) is 13.0 Å². The molecular formula is C16H25F3N6. The second kappa shape index (κ2) is 8.68. The number of nitrogens with zero attached hydrogens (tertiary/aromatic N) is 3. The minimum atomic E-state index is -4.53. The Morgan fingerprint density at radius 2 is 1.96 bits per heavy atom. The van der Waals surface area contributed by atoms with Gasteiger partial charge in [0.25, 0.3) is 0 Å². The van der Waals surface area contributed by atoms with Crippen molar-refractivity contribution in [1.29, 1.82) is 0 Å². The van der Waals surface area contributed by atoms with Gasteiger partial charge in [0.05, 0.1) is 0 Å². The Kier molecular flexibility index (Phi) is 7.20. The number of amidine groups is 1. The van der Waals surface area contributed by atoms with Gasteiger partial charge in [0.1, 0.15) is 17.2 Å². The van der Waals surface area contributed by atoms with E-state index in [2.05, 4.69) is 25.6 Å². The fraction of sp³-hybridized carbons (Fsp3) is 0.562. The van der Waals surface area contributed by atoms with Crippen LogP contribution in [0.25, 0.3) is 0 Å². The summed E-state index contributed by atoms with van der Waals surface area (Å²) in [5, 5.41) is 5.44. The van der Waals surface area contributed by atoms with Gasteiger partial charge in [0.2, 0.25) is 5.95 Å². The molecule has 0 fully saturated rings. The highest BCUT2D eigenvalue weighted by molar-refractivity contribution is 6.03. The first-order valence-electron chi connectivity index (χ1n) is 8.04. The summed E-state index contributed by atoms with van der Waals surface area (Å²) in [6, 6.07) is -0.0404. The smallest absolute Gasteiger partial charge is 0.402 e. The van der Waals surface area contributed by atoms with Crippen molar-refractivity contribution in [2.75, 3.05) is 17.2 Å². The molecule has 1 aromatic heterocycles. The predicted octanol–water partition coefficient (Wildman–Crippen LogP) is 3.64. The lowest BCUT2D eigenvalue weighted by molar-refractivity contribution is -0.137. The largest absolute Gasteiger partial charge is 0.421 e. The monoisotopic (exact) mass is 358 g/mol. The van der Waals surface area contributed by atoms with Crippen molar-refractivity contribution in [3.8, 4) is 0 Å². The average molecular weight is 358 g/mol. The Hall–Kier alpha value is -2.32. The van der Waals surface area contributed by atoms with Crippen LogP contribution in [0, 0.1) is 5.92 Å². The number of aliphatic imine (C=N–C) groups is 1. The van der Waals surface area contributed by atoms with E-state index in [1.807, 2.05) is 27.7 Å². The van der Waals surface area contributed by atoms with Gasteiger partial charge >= 0.3 is 6.18 Å². The van der Waals surface area contributed by atoms with Crippen LogP contribution in [0.1, 0.15) is 40.2 Å². The number of rotatable bonds is 6. The molecule has 1 aromatic rings. The molecule has 0 saturated heterocycles. The molecular weight excluding hydrogens is 333 g/mol. The number of nitrogens with two attached hydrogens (primary N) is 1. The van der Waals surface area contributed by atoms with Crippen LogP contribution in [0.15, 0.2) is 23.0 Å². The minimum absolute atomic E-state index is 0.0103. The summed E-state index contributed by atoms with van der Waals surface area (Å²) in [6.45, 7) is 9.59. The minimum Gasteiger partial charge on any atom is -0.402 e. The van der Waals surface area contributed by atoms with Gasteiger partial charge in [-0.05, 0) is 32.8 Å². The summed E-state index contributed by atoms with van der Waals surface area (Å²) in [7, 11) is 0. The molecule has 1 heterocycles. The molecule has 0 saturated carbocycles. The number of nitrogens with one attached hydrogen (secondary N) is 2. The molecule has 0 aliphatic rings. The molecule has 0 spiro atoms. The van der Waals surface area contributed by atoms with E-state index >= 15 is 0 Å². The Labute approximate surface area is 145 Å². The van der Waals surface area contributed by atoms with Crippen molar-refractivity contribution < 1.29 is 13.2 Å². The Morgan fingerprint density at radius 3 is 2.44 bits per heavy atom. The van der Waals surface area contributed by atoms with Crippen LogP contribution in [0.4, 0.5) is 24.9 Å². The van der Waals surface area contributed by atoms with Crippen molar-refractivity contribution in [2.24, 2.45) is 16.6 Å². The molecule has 0 unspecified atom stereocenters. The summed E-state index contributed by atoms with van der Waals surface area (Å²) >= 11 is 0. The maximum atomic E-state index is 13.0. The number of hydrogen-bond donors (Lipinski definition) is 3. The molecule has 0 aromatic carbocycles. The maximum absolute atomic E-state index is 13.0. The Balaban J connectivity index is 3.21. The van der Waals surface area contributed by atoms with Crippen LogP contribution in [0.3, 0.4) is 0 Å². The second-order valence-electron chi connectivity index (χ2n) is 6.02. The lowest BCUT2D eigenvalue weighted by Crippen LogP contribution is -2.19. The van der Waals surface area contributed by atoms with Crippen LogP contribution in [-0.2, 0) is 6.18 Å². The lowest BCUT2D eigenvalue weighted by Gasteiger charge is -2.15. The lowest BCUT2D eigenvalue weighted by atomic mass is 10.1. The van der Waals surface area contributed by atoms with E-state index in [9.17, 15) is 13.2 Å². The molecule has 0 radical (unpaired) electrons. The number of hydrogen-bond acceptors (Lipinski definition) is 5. The molecule has 140 valence electrons. The van der Waals surface area contributed by atoms with Crippen LogP contribution < -0.4 is 16.4 Å². The Morgan fingerprint density at radius 1 is 1.32 bits per heavy atom. The summed E-state index contributed by atoms with van der Waals surface area (Å²) in [5.74, 6) is 0.224. The normalized spacial score (nSPS) is 13.5. The third-order valence-electron chi connectivity index (χ3n) is 3.05. The highest BCUT2D eigenvalue weighted by atomic mass is 19.4. The topological polar surface area (TPSA) is 88.2 Å². The highest BCUT2D eigenvalue weighted by Crippen LogP contribution is 2.33. The van der Waals surface area contributed by atoms with Gasteiger partial charge in [-0.2, -0.15) is 18.2 Å². The Bertz CT molecular complexity index is 635. The number of aromatic nitrogens is 2. The average Bonchev–Trinajstić information content (AvgIpc) is 2.45. The first kappa shape index (κ1) is 20.7. The molecule has 4 N–H and O–H groups in total. The van der Waals surface area contributed by atoms with Gasteiger partial charge in [-0.3, -0.25) is 4.99 Å². The zero-order chi connectivity index (χ0) is 19.2. The van der Waals surface area contributed by atoms with Gasteiger partial charge in [-0.15, -0.1) is 0 Å². The summed E-state index contributed by atoms with van der Waals surface area (Å²) in [6.07, 6.45) is -2.15. The van der Waals surface area contributed by atoms with Gasteiger partial charge in [0, 0.05) is 24.5 Å². The summed E-state index contributed by atoms with van der Waals surface area (Å²) < 4.78 is 39.0. The van der Waals surface area contributed by atoms with E-state index < -0.39 is 11.7 Å². The van der Waals surface area contributed by atoms with Crippen LogP contribution in [-0.4, -0.2) is 28.4 Å². The van der Waals surface area contributed by atoms with Crippen molar-refractivity contribution in [2.45, 2.75) is 46.8 Å². The standard InChI is InChI=1S/C16H25F3N6/c1-6-21-14-11(16(17,18)19)8-22-15(25-14)24-13(23-10(4)5)7-12(20)9(2)3/h7-10H,6,20H2,1-5H3,(H2,21,22,23,24,25). The fourth-order valence-corrected chi connectivity index (χ4v) is 1.77. The maximum Gasteiger partial charge on any atom is 0.421 e. The van der Waals surface area contributed by atoms with E-state index in [1.165, 1.54) is 0 Å². The van der Waals surface area contributed by atoms with Crippen LogP contribution >= 0.6 is 0 Å². The number of allylic oxidation sites excluding steroid dienone is 1. The summed E-state index contributed by atoms with van der Waals surface area (Å²) in [4.78, 5) is 12.0. The quantitative estimate of drug-likeness (QED) is 0.534. The molecule has 25 heavy (non-hydrogen) atoms. The van der Waals surface area contributed by atoms with E-state index in [4.69, 9.17) is 5.73 Å². The third-order valence-corrected chi connectivity index (χ3v) is 3.05. The zero-order valence-corrected chi connectivity index (χ0v) is 15.1. The number of alkyl halides is 3. The SMILES string of the molecule is CCNc1nc(NC(C=C(N)C(C)C)=NC(C)C)ncc1C(F)(F)F. The summed E-state index contributed by atoms with van der Waals surface area (Å²) in [5.41, 5.74) is 5.62. The van der Waals surface area contributed by atoms with Crippen molar-refractivity contribution in [3.05, 3.63) is 23.5 Å². The third kappa shape index (κ3) is 6.60. The van der Waals surface area contributed by atoms with Crippen LogP contribution in [0.5, 0.6) is 0 Å². The first-order valence-corrected chi connectivity index (χ1v) is 8.04. The number of halogens is 3. The number of anilines is 2. The van der Waals surface area contributed by atoms with E-state index in [0.29, 0.717) is 18.1 Å².